The number of carbonyl (C=O) groups is 1. The summed E-state index contributed by atoms with van der Waals surface area (Å²) in [6, 6.07) is 15.9. The number of nitrogens with one attached hydrogen (secondary N) is 2. The molecule has 2 aromatic heterocycles. The molecular formula is C25H27N5O2. The molecule has 1 saturated heterocycles. The Morgan fingerprint density at radius 3 is 2.62 bits per heavy atom. The lowest BCUT2D eigenvalue weighted by molar-refractivity contribution is -0.130. The summed E-state index contributed by atoms with van der Waals surface area (Å²) >= 11 is 0. The SMILES string of the molecule is CC(=O)N1CCN(CCCc2ccc3nc(-c4cc5ccccc5[nH]c4=O)[nH]c3c2)CC1. The predicted molar refractivity (Wildman–Crippen MR) is 127 cm³/mol. The van der Waals surface area contributed by atoms with Crippen molar-refractivity contribution in [1.82, 2.24) is 24.8 Å². The summed E-state index contributed by atoms with van der Waals surface area (Å²) in [7, 11) is 0. The van der Waals surface area contributed by atoms with Crippen molar-refractivity contribution in [3.05, 3.63) is 64.4 Å². The van der Waals surface area contributed by atoms with E-state index in [-0.39, 0.29) is 11.5 Å². The fourth-order valence-electron chi connectivity index (χ4n) is 4.46. The standard InChI is InChI=1S/C25H27N5O2/c1-17(31)30-13-11-29(12-14-30)10-4-5-18-8-9-22-23(15-18)27-24(26-22)20-16-19-6-2-3-7-21(19)28-25(20)32/h2-3,6-9,15-16H,4-5,10-14H2,1H3,(H,26,27)(H,28,32). The third kappa shape index (κ3) is 4.16. The predicted octanol–water partition coefficient (Wildman–Crippen LogP) is 3.17. The molecule has 7 nitrogen and oxygen atoms in total. The van der Waals surface area contributed by atoms with Crippen LogP contribution in [0.5, 0.6) is 0 Å². The fourth-order valence-corrected chi connectivity index (χ4v) is 4.46. The van der Waals surface area contributed by atoms with E-state index in [0.29, 0.717) is 11.4 Å². The summed E-state index contributed by atoms with van der Waals surface area (Å²) < 4.78 is 0. The second-order valence-electron chi connectivity index (χ2n) is 8.49. The van der Waals surface area contributed by atoms with Gasteiger partial charge in [-0.25, -0.2) is 4.98 Å². The van der Waals surface area contributed by atoms with Crippen molar-refractivity contribution in [2.24, 2.45) is 0 Å². The monoisotopic (exact) mass is 429 g/mol. The van der Waals surface area contributed by atoms with E-state index in [0.717, 1.165) is 67.5 Å². The van der Waals surface area contributed by atoms with E-state index in [1.807, 2.05) is 41.3 Å². The molecule has 0 atom stereocenters. The summed E-state index contributed by atoms with van der Waals surface area (Å²) in [4.78, 5) is 39.3. The first-order valence-electron chi connectivity index (χ1n) is 11.2. The van der Waals surface area contributed by atoms with Gasteiger partial charge in [0, 0.05) is 38.6 Å². The molecule has 32 heavy (non-hydrogen) atoms. The highest BCUT2D eigenvalue weighted by atomic mass is 16.2. The van der Waals surface area contributed by atoms with E-state index in [9.17, 15) is 9.59 Å². The van der Waals surface area contributed by atoms with Gasteiger partial charge in [-0.15, -0.1) is 0 Å². The van der Waals surface area contributed by atoms with Gasteiger partial charge in [-0.3, -0.25) is 14.5 Å². The molecule has 0 radical (unpaired) electrons. The van der Waals surface area contributed by atoms with Crippen LogP contribution in [-0.2, 0) is 11.2 Å². The lowest BCUT2D eigenvalue weighted by atomic mass is 10.1. The number of imidazole rings is 1. The van der Waals surface area contributed by atoms with E-state index < -0.39 is 0 Å². The summed E-state index contributed by atoms with van der Waals surface area (Å²) in [5.41, 5.74) is 4.28. The number of para-hydroxylation sites is 1. The number of pyridine rings is 1. The highest BCUT2D eigenvalue weighted by Gasteiger charge is 2.18. The number of piperazine rings is 1. The fraction of sp³-hybridized carbons (Fsp3) is 0.320. The Hall–Kier alpha value is -3.45. The molecule has 0 saturated carbocycles. The van der Waals surface area contributed by atoms with Crippen LogP contribution in [0.1, 0.15) is 18.9 Å². The van der Waals surface area contributed by atoms with Crippen LogP contribution < -0.4 is 5.56 Å². The molecule has 1 aliphatic rings. The Bertz CT molecular complexity index is 1330. The zero-order valence-corrected chi connectivity index (χ0v) is 18.2. The van der Waals surface area contributed by atoms with E-state index in [1.165, 1.54) is 5.56 Å². The van der Waals surface area contributed by atoms with Crippen molar-refractivity contribution in [2.75, 3.05) is 32.7 Å². The number of carbonyl (C=O) groups excluding carboxylic acids is 1. The zero-order valence-electron chi connectivity index (χ0n) is 18.2. The molecule has 1 aliphatic heterocycles. The Morgan fingerprint density at radius 1 is 1.00 bits per heavy atom. The second kappa shape index (κ2) is 8.59. The van der Waals surface area contributed by atoms with Gasteiger partial charge >= 0.3 is 0 Å². The van der Waals surface area contributed by atoms with Crippen LogP contribution in [0.3, 0.4) is 0 Å². The van der Waals surface area contributed by atoms with Gasteiger partial charge in [-0.05, 0) is 54.6 Å². The van der Waals surface area contributed by atoms with Crippen molar-refractivity contribution in [3.8, 4) is 11.4 Å². The number of hydrogen-bond donors (Lipinski definition) is 2. The average molecular weight is 430 g/mol. The number of aryl methyl sites for hydroxylation is 1. The smallest absolute Gasteiger partial charge is 0.259 e. The minimum Gasteiger partial charge on any atom is -0.340 e. The Morgan fingerprint density at radius 2 is 1.81 bits per heavy atom. The Balaban J connectivity index is 1.27. The topological polar surface area (TPSA) is 85.1 Å². The molecule has 1 amide bonds. The molecule has 0 spiro atoms. The summed E-state index contributed by atoms with van der Waals surface area (Å²) in [5.74, 6) is 0.759. The van der Waals surface area contributed by atoms with E-state index in [4.69, 9.17) is 0 Å². The van der Waals surface area contributed by atoms with E-state index >= 15 is 0 Å². The van der Waals surface area contributed by atoms with Gasteiger partial charge in [0.25, 0.3) is 5.56 Å². The van der Waals surface area contributed by atoms with Crippen molar-refractivity contribution >= 4 is 27.8 Å². The van der Waals surface area contributed by atoms with Gasteiger partial charge < -0.3 is 14.9 Å². The number of rotatable bonds is 5. The molecule has 0 unspecified atom stereocenters. The number of H-pyrrole nitrogens is 2. The van der Waals surface area contributed by atoms with Crippen LogP contribution in [0.25, 0.3) is 33.3 Å². The van der Waals surface area contributed by atoms with Crippen molar-refractivity contribution in [2.45, 2.75) is 19.8 Å². The van der Waals surface area contributed by atoms with Crippen LogP contribution in [0.2, 0.25) is 0 Å². The molecule has 0 bridgehead atoms. The highest BCUT2D eigenvalue weighted by molar-refractivity contribution is 5.85. The highest BCUT2D eigenvalue weighted by Crippen LogP contribution is 2.22. The lowest BCUT2D eigenvalue weighted by Crippen LogP contribution is -2.48. The van der Waals surface area contributed by atoms with Crippen LogP contribution in [0, 0.1) is 0 Å². The van der Waals surface area contributed by atoms with Crippen LogP contribution in [0.15, 0.2) is 53.3 Å². The van der Waals surface area contributed by atoms with Crippen LogP contribution in [-0.4, -0.2) is 63.4 Å². The maximum atomic E-state index is 12.6. The van der Waals surface area contributed by atoms with Gasteiger partial charge in [-0.2, -0.15) is 0 Å². The summed E-state index contributed by atoms with van der Waals surface area (Å²) in [5, 5.41) is 0.979. The van der Waals surface area contributed by atoms with Crippen LogP contribution in [0.4, 0.5) is 0 Å². The number of amides is 1. The molecule has 164 valence electrons. The maximum absolute atomic E-state index is 12.6. The van der Waals surface area contributed by atoms with E-state index in [1.54, 1.807) is 6.92 Å². The molecule has 2 N–H and O–H groups in total. The zero-order chi connectivity index (χ0) is 22.1. The first-order chi connectivity index (χ1) is 15.6. The number of fused-ring (bicyclic) bond motifs is 2. The molecule has 3 heterocycles. The maximum Gasteiger partial charge on any atom is 0.259 e. The van der Waals surface area contributed by atoms with Gasteiger partial charge in [-0.1, -0.05) is 24.3 Å². The summed E-state index contributed by atoms with van der Waals surface area (Å²) in [6.07, 6.45) is 2.05. The third-order valence-corrected chi connectivity index (χ3v) is 6.31. The van der Waals surface area contributed by atoms with E-state index in [2.05, 4.69) is 32.0 Å². The van der Waals surface area contributed by atoms with Crippen molar-refractivity contribution in [3.63, 3.8) is 0 Å². The van der Waals surface area contributed by atoms with Gasteiger partial charge in [0.05, 0.1) is 16.6 Å². The minimum absolute atomic E-state index is 0.146. The lowest BCUT2D eigenvalue weighted by Gasteiger charge is -2.34. The van der Waals surface area contributed by atoms with Crippen molar-refractivity contribution in [1.29, 1.82) is 0 Å². The van der Waals surface area contributed by atoms with Gasteiger partial charge in [0.2, 0.25) is 5.91 Å². The minimum atomic E-state index is -0.146. The number of hydrogen-bond acceptors (Lipinski definition) is 4. The van der Waals surface area contributed by atoms with Gasteiger partial charge in [0.1, 0.15) is 5.82 Å². The molecule has 7 heteroatoms. The first-order valence-corrected chi connectivity index (χ1v) is 11.2. The normalized spacial score (nSPS) is 15.0. The molecule has 4 aromatic rings. The molecule has 2 aromatic carbocycles. The third-order valence-electron chi connectivity index (χ3n) is 6.31. The quantitative estimate of drug-likeness (QED) is 0.510. The Labute approximate surface area is 186 Å². The first kappa shape index (κ1) is 20.5. The Kier molecular flexibility index (Phi) is 5.49. The average Bonchev–Trinajstić information content (AvgIpc) is 3.22. The number of aromatic nitrogens is 3. The molecule has 5 rings (SSSR count). The number of benzene rings is 2. The van der Waals surface area contributed by atoms with Gasteiger partial charge in [0.15, 0.2) is 0 Å². The number of nitrogens with zero attached hydrogens (tertiary/aromatic N) is 3. The molecule has 0 aliphatic carbocycles. The molecule has 1 fully saturated rings. The second-order valence-corrected chi connectivity index (χ2v) is 8.49. The number of aromatic amines is 2. The largest absolute Gasteiger partial charge is 0.340 e. The van der Waals surface area contributed by atoms with Crippen molar-refractivity contribution < 1.29 is 4.79 Å². The summed E-state index contributed by atoms with van der Waals surface area (Å²) in [6.45, 7) is 6.22. The van der Waals surface area contributed by atoms with Crippen LogP contribution >= 0.6 is 0 Å². The molecular weight excluding hydrogens is 402 g/mol.